The lowest BCUT2D eigenvalue weighted by atomic mass is 9.94. The molecule has 1 aromatic rings. The van der Waals surface area contributed by atoms with E-state index in [-0.39, 0.29) is 30.3 Å². The molecule has 22 heavy (non-hydrogen) atoms. The summed E-state index contributed by atoms with van der Waals surface area (Å²) in [5.41, 5.74) is 8.26. The summed E-state index contributed by atoms with van der Waals surface area (Å²) in [6, 6.07) is 8.60. The number of amides is 1. The molecular formula is C18H29ClN2O. The quantitative estimate of drug-likeness (QED) is 0.866. The Balaban J connectivity index is 0.00000242. The van der Waals surface area contributed by atoms with Gasteiger partial charge in [-0.2, -0.15) is 0 Å². The fourth-order valence-corrected chi connectivity index (χ4v) is 3.24. The lowest BCUT2D eigenvalue weighted by Crippen LogP contribution is -2.36. The minimum Gasteiger partial charge on any atom is -0.349 e. The van der Waals surface area contributed by atoms with E-state index in [1.54, 1.807) is 0 Å². The van der Waals surface area contributed by atoms with E-state index in [0.717, 1.165) is 24.8 Å². The van der Waals surface area contributed by atoms with Crippen molar-refractivity contribution in [1.82, 2.24) is 5.32 Å². The lowest BCUT2D eigenvalue weighted by Gasteiger charge is -2.21. The molecular weight excluding hydrogens is 296 g/mol. The Morgan fingerprint density at radius 1 is 1.18 bits per heavy atom. The van der Waals surface area contributed by atoms with Crippen LogP contribution in [0.15, 0.2) is 24.3 Å². The van der Waals surface area contributed by atoms with Crippen molar-refractivity contribution in [1.29, 1.82) is 0 Å². The zero-order chi connectivity index (χ0) is 15.4. The van der Waals surface area contributed by atoms with Crippen molar-refractivity contribution in [3.8, 4) is 0 Å². The Kier molecular flexibility index (Phi) is 7.37. The summed E-state index contributed by atoms with van der Waals surface area (Å²) in [4.78, 5) is 12.4. The van der Waals surface area contributed by atoms with Crippen molar-refractivity contribution in [3.05, 3.63) is 35.4 Å². The molecule has 0 radical (unpaired) electrons. The maximum Gasteiger partial charge on any atom is 0.223 e. The fraction of sp³-hybridized carbons (Fsp3) is 0.611. The predicted octanol–water partition coefficient (Wildman–Crippen LogP) is 3.78. The molecule has 1 aliphatic carbocycles. The maximum absolute atomic E-state index is 12.4. The average molecular weight is 325 g/mol. The average Bonchev–Trinajstić information content (AvgIpc) is 2.95. The third-order valence-electron chi connectivity index (χ3n) is 4.76. The van der Waals surface area contributed by atoms with E-state index in [2.05, 4.69) is 50.4 Å². The summed E-state index contributed by atoms with van der Waals surface area (Å²) in [5.74, 6) is 1.17. The SMILES string of the molecule is CC(C)c1ccc(C(C)NC(=O)[C@@H]2CCC[C@@H]2CN)cc1.Cl. The highest BCUT2D eigenvalue weighted by molar-refractivity contribution is 5.85. The van der Waals surface area contributed by atoms with Gasteiger partial charge in [-0.25, -0.2) is 0 Å². The molecule has 4 heteroatoms. The van der Waals surface area contributed by atoms with Gasteiger partial charge in [0.1, 0.15) is 0 Å². The van der Waals surface area contributed by atoms with Gasteiger partial charge in [-0.3, -0.25) is 4.79 Å². The Bertz CT molecular complexity index is 472. The van der Waals surface area contributed by atoms with E-state index in [0.29, 0.717) is 18.4 Å². The molecule has 3 atom stereocenters. The molecule has 0 aliphatic heterocycles. The molecule has 0 aromatic heterocycles. The van der Waals surface area contributed by atoms with Crippen molar-refractivity contribution in [2.45, 2.75) is 52.0 Å². The Labute approximate surface area is 140 Å². The Morgan fingerprint density at radius 3 is 2.32 bits per heavy atom. The largest absolute Gasteiger partial charge is 0.349 e. The summed E-state index contributed by atoms with van der Waals surface area (Å²) in [6.45, 7) is 7.05. The highest BCUT2D eigenvalue weighted by Crippen LogP contribution is 2.31. The summed E-state index contributed by atoms with van der Waals surface area (Å²) in [7, 11) is 0. The summed E-state index contributed by atoms with van der Waals surface area (Å²) >= 11 is 0. The molecule has 0 saturated heterocycles. The number of halogens is 1. The number of carbonyl (C=O) groups is 1. The maximum atomic E-state index is 12.4. The molecule has 3 N–H and O–H groups in total. The molecule has 1 unspecified atom stereocenters. The number of rotatable bonds is 5. The molecule has 1 aliphatic rings. The molecule has 0 heterocycles. The zero-order valence-corrected chi connectivity index (χ0v) is 14.7. The number of hydrogen-bond donors (Lipinski definition) is 2. The van der Waals surface area contributed by atoms with Gasteiger partial charge in [-0.05, 0) is 49.3 Å². The first-order chi connectivity index (χ1) is 10.0. The van der Waals surface area contributed by atoms with E-state index >= 15 is 0 Å². The highest BCUT2D eigenvalue weighted by atomic mass is 35.5. The van der Waals surface area contributed by atoms with Crippen LogP contribution in [-0.4, -0.2) is 12.5 Å². The topological polar surface area (TPSA) is 55.1 Å². The second kappa shape index (κ2) is 8.54. The van der Waals surface area contributed by atoms with Crippen LogP contribution in [0.5, 0.6) is 0 Å². The first-order valence-corrected chi connectivity index (χ1v) is 8.13. The van der Waals surface area contributed by atoms with E-state index in [1.807, 2.05) is 0 Å². The van der Waals surface area contributed by atoms with E-state index < -0.39 is 0 Å². The summed E-state index contributed by atoms with van der Waals surface area (Å²) < 4.78 is 0. The van der Waals surface area contributed by atoms with Crippen molar-refractivity contribution in [3.63, 3.8) is 0 Å². The van der Waals surface area contributed by atoms with Crippen molar-refractivity contribution < 1.29 is 4.79 Å². The van der Waals surface area contributed by atoms with Crippen LogP contribution in [0.2, 0.25) is 0 Å². The molecule has 1 amide bonds. The first-order valence-electron chi connectivity index (χ1n) is 8.13. The van der Waals surface area contributed by atoms with Gasteiger partial charge in [-0.1, -0.05) is 44.5 Å². The van der Waals surface area contributed by atoms with E-state index in [9.17, 15) is 4.79 Å². The molecule has 0 bridgehead atoms. The third-order valence-corrected chi connectivity index (χ3v) is 4.76. The van der Waals surface area contributed by atoms with Crippen LogP contribution < -0.4 is 11.1 Å². The van der Waals surface area contributed by atoms with E-state index in [4.69, 9.17) is 5.73 Å². The number of nitrogens with two attached hydrogens (primary N) is 1. The number of benzene rings is 1. The smallest absolute Gasteiger partial charge is 0.223 e. The predicted molar refractivity (Wildman–Crippen MR) is 94.2 cm³/mol. The van der Waals surface area contributed by atoms with Gasteiger partial charge in [0.15, 0.2) is 0 Å². The number of carbonyl (C=O) groups excluding carboxylic acids is 1. The minimum atomic E-state index is 0. The molecule has 1 fully saturated rings. The first kappa shape index (κ1) is 19.0. The van der Waals surface area contributed by atoms with Gasteiger partial charge >= 0.3 is 0 Å². The van der Waals surface area contributed by atoms with Crippen LogP contribution in [0.3, 0.4) is 0 Å². The Morgan fingerprint density at radius 2 is 1.77 bits per heavy atom. The molecule has 2 rings (SSSR count). The molecule has 1 saturated carbocycles. The normalized spacial score (nSPS) is 22.2. The monoisotopic (exact) mass is 324 g/mol. The molecule has 1 aromatic carbocycles. The van der Waals surface area contributed by atoms with Crippen molar-refractivity contribution in [2.75, 3.05) is 6.54 Å². The van der Waals surface area contributed by atoms with Gasteiger partial charge < -0.3 is 11.1 Å². The summed E-state index contributed by atoms with van der Waals surface area (Å²) in [6.07, 6.45) is 3.19. The van der Waals surface area contributed by atoms with Gasteiger partial charge in [-0.15, -0.1) is 12.4 Å². The van der Waals surface area contributed by atoms with Crippen LogP contribution in [0.1, 0.15) is 63.1 Å². The fourth-order valence-electron chi connectivity index (χ4n) is 3.24. The summed E-state index contributed by atoms with van der Waals surface area (Å²) in [5, 5.41) is 3.16. The van der Waals surface area contributed by atoms with Gasteiger partial charge in [0.05, 0.1) is 6.04 Å². The Hall–Kier alpha value is -1.06. The van der Waals surface area contributed by atoms with Gasteiger partial charge in [0.25, 0.3) is 0 Å². The standard InChI is InChI=1S/C18H28N2O.ClH/c1-12(2)14-7-9-15(10-8-14)13(3)20-18(21)17-6-4-5-16(17)11-19;/h7-10,12-13,16-17H,4-6,11,19H2,1-3H3,(H,20,21);1H/t13?,16-,17-;/m1./s1. The van der Waals surface area contributed by atoms with Crippen LogP contribution in [0, 0.1) is 11.8 Å². The van der Waals surface area contributed by atoms with Crippen LogP contribution in [0.4, 0.5) is 0 Å². The lowest BCUT2D eigenvalue weighted by molar-refractivity contribution is -0.126. The second-order valence-electron chi connectivity index (χ2n) is 6.58. The van der Waals surface area contributed by atoms with Crippen LogP contribution in [0.25, 0.3) is 0 Å². The number of hydrogen-bond acceptors (Lipinski definition) is 2. The number of nitrogens with one attached hydrogen (secondary N) is 1. The van der Waals surface area contributed by atoms with Gasteiger partial charge in [0.2, 0.25) is 5.91 Å². The molecule has 124 valence electrons. The molecule has 3 nitrogen and oxygen atoms in total. The van der Waals surface area contributed by atoms with Crippen LogP contribution in [-0.2, 0) is 4.79 Å². The third kappa shape index (κ3) is 4.47. The zero-order valence-electron chi connectivity index (χ0n) is 13.8. The highest BCUT2D eigenvalue weighted by Gasteiger charge is 2.32. The minimum absolute atomic E-state index is 0. The molecule has 0 spiro atoms. The second-order valence-corrected chi connectivity index (χ2v) is 6.58. The van der Waals surface area contributed by atoms with E-state index in [1.165, 1.54) is 5.56 Å². The van der Waals surface area contributed by atoms with Crippen molar-refractivity contribution in [2.24, 2.45) is 17.6 Å². The van der Waals surface area contributed by atoms with Crippen LogP contribution >= 0.6 is 12.4 Å². The van der Waals surface area contributed by atoms with Gasteiger partial charge in [0, 0.05) is 5.92 Å². The van der Waals surface area contributed by atoms with Crippen molar-refractivity contribution >= 4 is 18.3 Å².